The number of ether oxygens (including phenoxy) is 1. The first-order chi connectivity index (χ1) is 8.06. The van der Waals surface area contributed by atoms with E-state index < -0.39 is 10.0 Å². The third-order valence-corrected chi connectivity index (χ3v) is 5.08. The van der Waals surface area contributed by atoms with E-state index in [0.717, 1.165) is 32.2 Å². The van der Waals surface area contributed by atoms with Gasteiger partial charge in [-0.05, 0) is 25.8 Å². The van der Waals surface area contributed by atoms with Crippen molar-refractivity contribution in [3.05, 3.63) is 0 Å². The first-order valence-corrected chi connectivity index (χ1v) is 7.83. The van der Waals surface area contributed by atoms with Crippen molar-refractivity contribution in [2.75, 3.05) is 39.6 Å². The maximum absolute atomic E-state index is 12.0. The van der Waals surface area contributed by atoms with E-state index in [2.05, 4.69) is 5.32 Å². The molecule has 0 spiro atoms. The summed E-state index contributed by atoms with van der Waals surface area (Å²) in [4.78, 5) is 0. The molecule has 1 rings (SSSR count). The molecule has 102 valence electrons. The average molecular weight is 264 g/mol. The Bertz CT molecular complexity index is 300. The van der Waals surface area contributed by atoms with Gasteiger partial charge in [0, 0.05) is 33.4 Å². The molecule has 1 unspecified atom stereocenters. The molecular formula is C11H24N2O3S. The van der Waals surface area contributed by atoms with Crippen molar-refractivity contribution in [2.45, 2.75) is 31.7 Å². The van der Waals surface area contributed by atoms with Gasteiger partial charge in [-0.2, -0.15) is 0 Å². The SMILES string of the molecule is COCCCN(C)S(=O)(=O)CC1CCCCN1. The van der Waals surface area contributed by atoms with Crippen LogP contribution >= 0.6 is 0 Å². The highest BCUT2D eigenvalue weighted by molar-refractivity contribution is 7.89. The first kappa shape index (κ1) is 14.9. The zero-order chi connectivity index (χ0) is 12.7. The summed E-state index contributed by atoms with van der Waals surface area (Å²) in [7, 11) is 0.147. The highest BCUT2D eigenvalue weighted by Gasteiger charge is 2.24. The fourth-order valence-corrected chi connectivity index (χ4v) is 3.47. The average Bonchev–Trinajstić information content (AvgIpc) is 2.30. The van der Waals surface area contributed by atoms with Gasteiger partial charge in [0.25, 0.3) is 0 Å². The van der Waals surface area contributed by atoms with E-state index in [9.17, 15) is 8.42 Å². The molecule has 0 bridgehead atoms. The zero-order valence-electron chi connectivity index (χ0n) is 10.8. The van der Waals surface area contributed by atoms with Crippen molar-refractivity contribution >= 4 is 10.0 Å². The lowest BCUT2D eigenvalue weighted by Gasteiger charge is -2.25. The summed E-state index contributed by atoms with van der Waals surface area (Å²) in [5.41, 5.74) is 0. The van der Waals surface area contributed by atoms with E-state index in [1.807, 2.05) is 0 Å². The number of piperidine rings is 1. The van der Waals surface area contributed by atoms with Gasteiger partial charge >= 0.3 is 0 Å². The molecule has 1 saturated heterocycles. The lowest BCUT2D eigenvalue weighted by molar-refractivity contribution is 0.189. The van der Waals surface area contributed by atoms with Crippen molar-refractivity contribution in [1.82, 2.24) is 9.62 Å². The second-order valence-electron chi connectivity index (χ2n) is 4.59. The Hall–Kier alpha value is -0.170. The van der Waals surface area contributed by atoms with Gasteiger partial charge in [-0.15, -0.1) is 0 Å². The second-order valence-corrected chi connectivity index (χ2v) is 6.71. The van der Waals surface area contributed by atoms with Crippen molar-refractivity contribution in [3.8, 4) is 0 Å². The Kier molecular flexibility index (Phi) is 6.40. The molecule has 0 aromatic heterocycles. The normalized spacial score (nSPS) is 21.9. The molecule has 1 aliphatic rings. The number of nitrogens with one attached hydrogen (secondary N) is 1. The lowest BCUT2D eigenvalue weighted by atomic mass is 10.1. The van der Waals surface area contributed by atoms with Gasteiger partial charge in [0.15, 0.2) is 0 Å². The molecule has 0 aliphatic carbocycles. The molecule has 0 aromatic carbocycles. The maximum atomic E-state index is 12.0. The van der Waals surface area contributed by atoms with Crippen LogP contribution in [-0.2, 0) is 14.8 Å². The quantitative estimate of drug-likeness (QED) is 0.677. The van der Waals surface area contributed by atoms with Crippen molar-refractivity contribution < 1.29 is 13.2 Å². The molecule has 6 heteroatoms. The summed E-state index contributed by atoms with van der Waals surface area (Å²) >= 11 is 0. The third kappa shape index (κ3) is 5.33. The summed E-state index contributed by atoms with van der Waals surface area (Å²) in [5, 5.41) is 3.27. The van der Waals surface area contributed by atoms with Gasteiger partial charge < -0.3 is 10.1 Å². The highest BCUT2D eigenvalue weighted by atomic mass is 32.2. The maximum Gasteiger partial charge on any atom is 0.215 e. The Balaban J connectivity index is 2.37. The topological polar surface area (TPSA) is 58.6 Å². The molecule has 0 amide bonds. The number of hydrogen-bond donors (Lipinski definition) is 1. The van der Waals surface area contributed by atoms with Crippen LogP contribution in [0.4, 0.5) is 0 Å². The van der Waals surface area contributed by atoms with Crippen LogP contribution in [0.25, 0.3) is 0 Å². The van der Waals surface area contributed by atoms with Crippen molar-refractivity contribution in [1.29, 1.82) is 0 Å². The predicted molar refractivity (Wildman–Crippen MR) is 68.6 cm³/mol. The second kappa shape index (κ2) is 7.31. The summed E-state index contributed by atoms with van der Waals surface area (Å²) in [6, 6.07) is 0.124. The first-order valence-electron chi connectivity index (χ1n) is 6.22. The van der Waals surface area contributed by atoms with Gasteiger partial charge in [-0.25, -0.2) is 12.7 Å². The minimum atomic E-state index is -3.13. The van der Waals surface area contributed by atoms with Gasteiger partial charge in [0.1, 0.15) is 0 Å². The Morgan fingerprint density at radius 3 is 2.76 bits per heavy atom. The summed E-state index contributed by atoms with van der Waals surface area (Å²) in [6.07, 6.45) is 3.98. The van der Waals surface area contributed by atoms with Crippen LogP contribution in [-0.4, -0.2) is 58.4 Å². The van der Waals surface area contributed by atoms with E-state index in [1.165, 1.54) is 4.31 Å². The summed E-state index contributed by atoms with van der Waals surface area (Å²) in [5.74, 6) is 0.219. The fourth-order valence-electron chi connectivity index (χ4n) is 2.02. The largest absolute Gasteiger partial charge is 0.385 e. The van der Waals surface area contributed by atoms with Crippen LogP contribution in [0.5, 0.6) is 0 Å². The molecule has 1 atom stereocenters. The Morgan fingerprint density at radius 2 is 2.18 bits per heavy atom. The predicted octanol–water partition coefficient (Wildman–Crippen LogP) is 0.427. The van der Waals surface area contributed by atoms with Gasteiger partial charge in [0.05, 0.1) is 5.75 Å². The van der Waals surface area contributed by atoms with Gasteiger partial charge in [0.2, 0.25) is 10.0 Å². The summed E-state index contributed by atoms with van der Waals surface area (Å²) in [6.45, 7) is 2.07. The minimum absolute atomic E-state index is 0.124. The Labute approximate surface area is 105 Å². The number of rotatable bonds is 7. The summed E-state index contributed by atoms with van der Waals surface area (Å²) < 4.78 is 30.4. The fraction of sp³-hybridized carbons (Fsp3) is 1.00. The van der Waals surface area contributed by atoms with Crippen molar-refractivity contribution in [3.63, 3.8) is 0 Å². The smallest absolute Gasteiger partial charge is 0.215 e. The molecule has 1 aliphatic heterocycles. The monoisotopic (exact) mass is 264 g/mol. The molecule has 1 N–H and O–H groups in total. The third-order valence-electron chi connectivity index (χ3n) is 3.12. The number of sulfonamides is 1. The van der Waals surface area contributed by atoms with Crippen LogP contribution in [0.1, 0.15) is 25.7 Å². The molecule has 5 nitrogen and oxygen atoms in total. The number of hydrogen-bond acceptors (Lipinski definition) is 4. The molecular weight excluding hydrogens is 240 g/mol. The van der Waals surface area contributed by atoms with Gasteiger partial charge in [-0.1, -0.05) is 6.42 Å². The standard InChI is InChI=1S/C11H24N2O3S/c1-13(8-5-9-16-2)17(14,15)10-11-6-3-4-7-12-11/h11-12H,3-10H2,1-2H3. The molecule has 17 heavy (non-hydrogen) atoms. The zero-order valence-corrected chi connectivity index (χ0v) is 11.6. The van der Waals surface area contributed by atoms with Gasteiger partial charge in [-0.3, -0.25) is 0 Å². The van der Waals surface area contributed by atoms with E-state index in [0.29, 0.717) is 13.2 Å². The Morgan fingerprint density at radius 1 is 1.41 bits per heavy atom. The lowest BCUT2D eigenvalue weighted by Crippen LogP contribution is -2.43. The molecule has 1 heterocycles. The molecule has 0 radical (unpaired) electrons. The minimum Gasteiger partial charge on any atom is -0.385 e. The van der Waals surface area contributed by atoms with Crippen LogP contribution in [0.15, 0.2) is 0 Å². The van der Waals surface area contributed by atoms with E-state index in [-0.39, 0.29) is 11.8 Å². The molecule has 0 aromatic rings. The van der Waals surface area contributed by atoms with E-state index >= 15 is 0 Å². The molecule has 0 saturated carbocycles. The number of methoxy groups -OCH3 is 1. The van der Waals surface area contributed by atoms with Crippen LogP contribution in [0.3, 0.4) is 0 Å². The van der Waals surface area contributed by atoms with Crippen LogP contribution in [0.2, 0.25) is 0 Å². The highest BCUT2D eigenvalue weighted by Crippen LogP contribution is 2.11. The van der Waals surface area contributed by atoms with E-state index in [4.69, 9.17) is 4.74 Å². The van der Waals surface area contributed by atoms with E-state index in [1.54, 1.807) is 14.2 Å². The molecule has 1 fully saturated rings. The van der Waals surface area contributed by atoms with Crippen LogP contribution in [0, 0.1) is 0 Å². The van der Waals surface area contributed by atoms with Crippen molar-refractivity contribution in [2.24, 2.45) is 0 Å². The number of nitrogens with zero attached hydrogens (tertiary/aromatic N) is 1. The van der Waals surface area contributed by atoms with Crippen LogP contribution < -0.4 is 5.32 Å².